The molecule has 0 unspecified atom stereocenters. The summed E-state index contributed by atoms with van der Waals surface area (Å²) < 4.78 is 0. The van der Waals surface area contributed by atoms with E-state index >= 15 is 0 Å². The van der Waals surface area contributed by atoms with E-state index in [1.54, 1.807) is 36.5 Å². The number of aldehydes is 1. The minimum Gasteiger partial charge on any atom is -0.298 e. The van der Waals surface area contributed by atoms with Gasteiger partial charge in [0, 0.05) is 28.3 Å². The molecule has 3 rings (SSSR count). The molecule has 0 aliphatic carbocycles. The summed E-state index contributed by atoms with van der Waals surface area (Å²) in [6, 6.07) is 16.2. The van der Waals surface area contributed by atoms with Crippen LogP contribution in [0.25, 0.3) is 10.9 Å². The van der Waals surface area contributed by atoms with Crippen molar-refractivity contribution in [2.75, 3.05) is 0 Å². The van der Waals surface area contributed by atoms with Crippen LogP contribution in [0.3, 0.4) is 0 Å². The van der Waals surface area contributed by atoms with E-state index in [4.69, 9.17) is 0 Å². The molecule has 0 fully saturated rings. The van der Waals surface area contributed by atoms with Crippen LogP contribution < -0.4 is 0 Å². The fourth-order valence-electron chi connectivity index (χ4n) is 2.16. The van der Waals surface area contributed by atoms with Crippen molar-refractivity contribution < 1.29 is 9.59 Å². The van der Waals surface area contributed by atoms with E-state index in [-0.39, 0.29) is 5.78 Å². The van der Waals surface area contributed by atoms with Crippen LogP contribution >= 0.6 is 0 Å². The number of fused-ring (bicyclic) bond motifs is 1. The summed E-state index contributed by atoms with van der Waals surface area (Å²) in [5.74, 6) is -0.189. The number of carbonyl (C=O) groups excluding carboxylic acids is 2. The Balaban J connectivity index is 2.10. The third-order valence-electron chi connectivity index (χ3n) is 3.19. The van der Waals surface area contributed by atoms with Gasteiger partial charge < -0.3 is 0 Å². The summed E-state index contributed by atoms with van der Waals surface area (Å²) in [7, 11) is 0. The second-order valence-electron chi connectivity index (χ2n) is 4.45. The zero-order valence-corrected chi connectivity index (χ0v) is 10.6. The molecule has 0 N–H and O–H groups in total. The predicted molar refractivity (Wildman–Crippen MR) is 77.0 cm³/mol. The van der Waals surface area contributed by atoms with Crippen LogP contribution in [0.5, 0.6) is 0 Å². The molecular weight excluding hydrogens is 250 g/mol. The molecule has 0 atom stereocenters. The molecule has 0 saturated carbocycles. The van der Waals surface area contributed by atoms with Gasteiger partial charge in [-0.05, 0) is 12.1 Å². The van der Waals surface area contributed by atoms with Crippen molar-refractivity contribution in [3.05, 3.63) is 77.5 Å². The van der Waals surface area contributed by atoms with Crippen LogP contribution in [0.1, 0.15) is 26.3 Å². The maximum Gasteiger partial charge on any atom is 0.195 e. The van der Waals surface area contributed by atoms with Gasteiger partial charge in [0.15, 0.2) is 12.1 Å². The van der Waals surface area contributed by atoms with Crippen molar-refractivity contribution in [2.45, 2.75) is 0 Å². The van der Waals surface area contributed by atoms with Gasteiger partial charge in [0.2, 0.25) is 0 Å². The van der Waals surface area contributed by atoms with Crippen molar-refractivity contribution >= 4 is 23.0 Å². The molecule has 0 radical (unpaired) electrons. The highest BCUT2D eigenvalue weighted by Crippen LogP contribution is 2.17. The van der Waals surface area contributed by atoms with Crippen molar-refractivity contribution in [1.29, 1.82) is 0 Å². The molecule has 2 aromatic carbocycles. The zero-order valence-electron chi connectivity index (χ0n) is 10.6. The topological polar surface area (TPSA) is 47.0 Å². The van der Waals surface area contributed by atoms with Crippen molar-refractivity contribution in [3.63, 3.8) is 0 Å². The third kappa shape index (κ3) is 2.10. The Labute approximate surface area is 115 Å². The van der Waals surface area contributed by atoms with Gasteiger partial charge in [0.25, 0.3) is 0 Å². The fourth-order valence-corrected chi connectivity index (χ4v) is 2.16. The smallest absolute Gasteiger partial charge is 0.195 e. The number of pyridine rings is 1. The minimum absolute atomic E-state index is 0.189. The molecule has 3 aromatic rings. The number of para-hydroxylation sites is 1. The normalized spacial score (nSPS) is 10.4. The number of hydrogen-bond donors (Lipinski definition) is 0. The summed E-state index contributed by atoms with van der Waals surface area (Å²) in [5.41, 5.74) is 2.12. The molecule has 0 amide bonds. The third-order valence-corrected chi connectivity index (χ3v) is 3.19. The summed E-state index contributed by atoms with van der Waals surface area (Å²) >= 11 is 0. The first kappa shape index (κ1) is 12.2. The van der Waals surface area contributed by atoms with E-state index in [2.05, 4.69) is 4.98 Å². The van der Waals surface area contributed by atoms with E-state index < -0.39 is 0 Å². The van der Waals surface area contributed by atoms with Crippen molar-refractivity contribution in [3.8, 4) is 0 Å². The first-order chi connectivity index (χ1) is 9.79. The Morgan fingerprint density at radius 1 is 1.00 bits per heavy atom. The van der Waals surface area contributed by atoms with Crippen LogP contribution in [0, 0.1) is 0 Å². The van der Waals surface area contributed by atoms with E-state index in [0.717, 1.165) is 10.9 Å². The van der Waals surface area contributed by atoms with Gasteiger partial charge in [-0.2, -0.15) is 0 Å². The lowest BCUT2D eigenvalue weighted by Crippen LogP contribution is -2.05. The Hall–Kier alpha value is -2.81. The molecule has 0 spiro atoms. The van der Waals surface area contributed by atoms with Crippen LogP contribution in [0.15, 0.2) is 60.8 Å². The Morgan fingerprint density at radius 2 is 1.75 bits per heavy atom. The lowest BCUT2D eigenvalue weighted by molar-refractivity contribution is 0.102. The van der Waals surface area contributed by atoms with E-state index in [1.165, 1.54) is 0 Å². The van der Waals surface area contributed by atoms with Gasteiger partial charge in [0.1, 0.15) is 0 Å². The lowest BCUT2D eigenvalue weighted by atomic mass is 9.99. The second kappa shape index (κ2) is 5.05. The highest BCUT2D eigenvalue weighted by atomic mass is 16.1. The average Bonchev–Trinajstić information content (AvgIpc) is 2.53. The number of carbonyl (C=O) groups is 2. The maximum atomic E-state index is 12.5. The maximum absolute atomic E-state index is 12.5. The van der Waals surface area contributed by atoms with E-state index in [0.29, 0.717) is 23.0 Å². The van der Waals surface area contributed by atoms with Gasteiger partial charge in [-0.25, -0.2) is 0 Å². The first-order valence-electron chi connectivity index (χ1n) is 6.23. The second-order valence-corrected chi connectivity index (χ2v) is 4.45. The van der Waals surface area contributed by atoms with Gasteiger partial charge >= 0.3 is 0 Å². The van der Waals surface area contributed by atoms with Gasteiger partial charge in [-0.1, -0.05) is 42.5 Å². The average molecular weight is 261 g/mol. The largest absolute Gasteiger partial charge is 0.298 e. The van der Waals surface area contributed by atoms with Crippen molar-refractivity contribution in [1.82, 2.24) is 4.98 Å². The number of benzene rings is 2. The Kier molecular flexibility index (Phi) is 3.09. The highest BCUT2D eigenvalue weighted by Gasteiger charge is 2.13. The van der Waals surface area contributed by atoms with Gasteiger partial charge in [0.05, 0.1) is 5.52 Å². The molecule has 1 aromatic heterocycles. The van der Waals surface area contributed by atoms with Gasteiger partial charge in [-0.3, -0.25) is 14.6 Å². The molecule has 3 nitrogen and oxygen atoms in total. The van der Waals surface area contributed by atoms with Gasteiger partial charge in [-0.15, -0.1) is 0 Å². The standard InChI is InChI=1S/C17H11NO2/c19-11-13-6-1-3-7-15(13)17(20)14-9-12-5-2-4-8-16(12)18-10-14/h1-11H. The number of nitrogens with zero attached hydrogens (tertiary/aromatic N) is 1. The zero-order chi connectivity index (χ0) is 13.9. The van der Waals surface area contributed by atoms with Crippen LogP contribution in [0.4, 0.5) is 0 Å². The molecule has 0 saturated heterocycles. The molecule has 0 aliphatic rings. The molecule has 20 heavy (non-hydrogen) atoms. The molecule has 0 bridgehead atoms. The van der Waals surface area contributed by atoms with E-state index in [9.17, 15) is 9.59 Å². The number of aromatic nitrogens is 1. The lowest BCUT2D eigenvalue weighted by Gasteiger charge is -2.05. The molecule has 3 heteroatoms. The predicted octanol–water partition coefficient (Wildman–Crippen LogP) is 3.28. The minimum atomic E-state index is -0.189. The molecule has 0 aliphatic heterocycles. The molecule has 96 valence electrons. The van der Waals surface area contributed by atoms with Crippen LogP contribution in [0.2, 0.25) is 0 Å². The Morgan fingerprint density at radius 3 is 2.60 bits per heavy atom. The number of ketones is 1. The summed E-state index contributed by atoms with van der Waals surface area (Å²) in [6.07, 6.45) is 2.24. The molecular formula is C17H11NO2. The van der Waals surface area contributed by atoms with Crippen LogP contribution in [-0.4, -0.2) is 17.1 Å². The Bertz CT molecular complexity index is 809. The molecule has 1 heterocycles. The quantitative estimate of drug-likeness (QED) is 0.537. The fraction of sp³-hybridized carbons (Fsp3) is 0. The van der Waals surface area contributed by atoms with Crippen molar-refractivity contribution in [2.24, 2.45) is 0 Å². The highest BCUT2D eigenvalue weighted by molar-refractivity contribution is 6.13. The summed E-state index contributed by atoms with van der Waals surface area (Å²) in [5, 5.41) is 0.905. The SMILES string of the molecule is O=Cc1ccccc1C(=O)c1cnc2ccccc2c1. The summed E-state index contributed by atoms with van der Waals surface area (Å²) in [4.78, 5) is 27.8. The number of rotatable bonds is 3. The summed E-state index contributed by atoms with van der Waals surface area (Å²) in [6.45, 7) is 0. The first-order valence-corrected chi connectivity index (χ1v) is 6.23. The van der Waals surface area contributed by atoms with Crippen LogP contribution in [-0.2, 0) is 0 Å². The monoisotopic (exact) mass is 261 g/mol. The van der Waals surface area contributed by atoms with E-state index in [1.807, 2.05) is 24.3 Å². The number of hydrogen-bond acceptors (Lipinski definition) is 3.